The van der Waals surface area contributed by atoms with Crippen LogP contribution in [0.1, 0.15) is 5.56 Å². The second-order valence-corrected chi connectivity index (χ2v) is 7.65. The predicted octanol–water partition coefficient (Wildman–Crippen LogP) is 5.05. The topological polar surface area (TPSA) is 63.3 Å². The van der Waals surface area contributed by atoms with Gasteiger partial charge >= 0.3 is 5.63 Å². The van der Waals surface area contributed by atoms with Gasteiger partial charge in [-0.25, -0.2) is 14.2 Å². The smallest absolute Gasteiger partial charge is 0.336 e. The second kappa shape index (κ2) is 6.93. The average Bonchev–Trinajstić information content (AvgIpc) is 3.08. The zero-order valence-electron chi connectivity index (χ0n) is 13.3. The Morgan fingerprint density at radius 3 is 2.77 bits per heavy atom. The quantitative estimate of drug-likeness (QED) is 0.393. The van der Waals surface area contributed by atoms with Gasteiger partial charge in [0.05, 0.1) is 5.69 Å². The number of halogens is 1. The van der Waals surface area contributed by atoms with Crippen LogP contribution in [0, 0.1) is 5.82 Å². The van der Waals surface area contributed by atoms with E-state index in [2.05, 4.69) is 4.98 Å². The van der Waals surface area contributed by atoms with Crippen molar-refractivity contribution in [2.75, 3.05) is 0 Å². The Hall–Kier alpha value is -2.64. The van der Waals surface area contributed by atoms with Crippen molar-refractivity contribution in [2.45, 2.75) is 10.1 Å². The minimum atomic E-state index is -0.454. The first-order chi connectivity index (χ1) is 12.6. The van der Waals surface area contributed by atoms with Gasteiger partial charge in [-0.3, -0.25) is 0 Å². The molecule has 1 N–H and O–H groups in total. The van der Waals surface area contributed by atoms with E-state index < -0.39 is 5.63 Å². The number of benzene rings is 2. The minimum absolute atomic E-state index is 0.0503. The van der Waals surface area contributed by atoms with Gasteiger partial charge in [-0.05, 0) is 42.0 Å². The van der Waals surface area contributed by atoms with E-state index in [1.54, 1.807) is 24.3 Å². The third-order valence-electron chi connectivity index (χ3n) is 3.79. The summed E-state index contributed by atoms with van der Waals surface area (Å²) in [4.78, 5) is 16.3. The summed E-state index contributed by atoms with van der Waals surface area (Å²) in [6.07, 6.45) is 0. The summed E-state index contributed by atoms with van der Waals surface area (Å²) >= 11 is 3.01. The molecule has 26 heavy (non-hydrogen) atoms. The molecule has 4 aromatic rings. The molecule has 2 heterocycles. The Kier molecular flexibility index (Phi) is 4.48. The fourth-order valence-corrected chi connectivity index (χ4v) is 4.38. The van der Waals surface area contributed by atoms with E-state index in [0.29, 0.717) is 11.3 Å². The lowest BCUT2D eigenvalue weighted by Crippen LogP contribution is -1.99. The molecule has 0 aliphatic carbocycles. The Morgan fingerprint density at radius 1 is 1.15 bits per heavy atom. The average molecular weight is 385 g/mol. The largest absolute Gasteiger partial charge is 0.508 e. The predicted molar refractivity (Wildman–Crippen MR) is 101 cm³/mol. The first kappa shape index (κ1) is 16.8. The van der Waals surface area contributed by atoms with E-state index >= 15 is 0 Å². The molecule has 0 unspecified atom stereocenters. The fourth-order valence-electron chi connectivity index (χ4n) is 2.55. The number of phenols is 1. The van der Waals surface area contributed by atoms with E-state index in [1.165, 1.54) is 47.4 Å². The van der Waals surface area contributed by atoms with Crippen LogP contribution in [0.4, 0.5) is 4.39 Å². The summed E-state index contributed by atoms with van der Waals surface area (Å²) in [7, 11) is 0. The molecule has 0 amide bonds. The van der Waals surface area contributed by atoms with Crippen molar-refractivity contribution in [3.63, 3.8) is 0 Å². The Bertz CT molecular complexity index is 1140. The van der Waals surface area contributed by atoms with Crippen molar-refractivity contribution >= 4 is 34.1 Å². The maximum absolute atomic E-state index is 13.0. The van der Waals surface area contributed by atoms with Crippen LogP contribution in [-0.2, 0) is 5.75 Å². The SMILES string of the molecule is O=c1cc(CSc2nc(-c3ccc(F)cc3)cs2)c2ccc(O)cc2o1. The number of rotatable bonds is 4. The first-order valence-corrected chi connectivity index (χ1v) is 9.55. The summed E-state index contributed by atoms with van der Waals surface area (Å²) in [6, 6.07) is 12.4. The molecule has 0 aliphatic heterocycles. The van der Waals surface area contributed by atoms with Gasteiger partial charge in [0.2, 0.25) is 0 Å². The normalized spacial score (nSPS) is 11.1. The second-order valence-electron chi connectivity index (χ2n) is 5.57. The highest BCUT2D eigenvalue weighted by Gasteiger charge is 2.10. The van der Waals surface area contributed by atoms with E-state index in [-0.39, 0.29) is 11.6 Å². The zero-order chi connectivity index (χ0) is 18.1. The number of nitrogens with zero attached hydrogens (tertiary/aromatic N) is 1. The number of thioether (sulfide) groups is 1. The molecule has 0 atom stereocenters. The van der Waals surface area contributed by atoms with Gasteiger partial charge in [-0.1, -0.05) is 11.8 Å². The van der Waals surface area contributed by atoms with E-state index in [4.69, 9.17) is 4.42 Å². The summed E-state index contributed by atoms with van der Waals surface area (Å²) in [5, 5.41) is 12.3. The summed E-state index contributed by atoms with van der Waals surface area (Å²) < 4.78 is 19.0. The summed E-state index contributed by atoms with van der Waals surface area (Å²) in [5.74, 6) is 0.317. The minimum Gasteiger partial charge on any atom is -0.508 e. The highest BCUT2D eigenvalue weighted by atomic mass is 32.2. The molecule has 4 rings (SSSR count). The van der Waals surface area contributed by atoms with E-state index in [9.17, 15) is 14.3 Å². The number of hydrogen-bond donors (Lipinski definition) is 1. The van der Waals surface area contributed by atoms with Gasteiger partial charge < -0.3 is 9.52 Å². The van der Waals surface area contributed by atoms with Crippen LogP contribution in [0.15, 0.2) is 67.5 Å². The highest BCUT2D eigenvalue weighted by Crippen LogP contribution is 2.32. The molecule has 0 aliphatic rings. The van der Waals surface area contributed by atoms with Crippen molar-refractivity contribution in [3.8, 4) is 17.0 Å². The zero-order valence-corrected chi connectivity index (χ0v) is 14.9. The standard InChI is InChI=1S/C19H12FNO3S2/c20-13-3-1-11(2-4-13)16-10-26-19(21-16)25-9-12-7-18(23)24-17-8-14(22)5-6-15(12)17/h1-8,10,22H,9H2. The van der Waals surface area contributed by atoms with E-state index in [0.717, 1.165) is 26.5 Å². The van der Waals surface area contributed by atoms with Gasteiger partial charge in [0.15, 0.2) is 4.34 Å². The van der Waals surface area contributed by atoms with Gasteiger partial charge in [0.1, 0.15) is 17.1 Å². The maximum Gasteiger partial charge on any atom is 0.336 e. The molecule has 0 spiro atoms. The molecule has 0 radical (unpaired) electrons. The van der Waals surface area contributed by atoms with Crippen LogP contribution in [0.25, 0.3) is 22.2 Å². The molecular weight excluding hydrogens is 373 g/mol. The van der Waals surface area contributed by atoms with Gasteiger partial charge in [0, 0.05) is 34.2 Å². The van der Waals surface area contributed by atoms with Crippen molar-refractivity contribution in [1.29, 1.82) is 0 Å². The number of phenolic OH excluding ortho intramolecular Hbond substituents is 1. The maximum atomic E-state index is 13.0. The number of thiazole rings is 1. The lowest BCUT2D eigenvalue weighted by Gasteiger charge is -2.04. The molecule has 0 bridgehead atoms. The fraction of sp³-hybridized carbons (Fsp3) is 0.0526. The van der Waals surface area contributed by atoms with Crippen molar-refractivity contribution in [2.24, 2.45) is 0 Å². The van der Waals surface area contributed by atoms with Crippen molar-refractivity contribution in [3.05, 3.63) is 75.7 Å². The third-order valence-corrected chi connectivity index (χ3v) is 5.86. The molecular formula is C19H12FNO3S2. The van der Waals surface area contributed by atoms with Crippen LogP contribution in [0.3, 0.4) is 0 Å². The van der Waals surface area contributed by atoms with Gasteiger partial charge in [-0.15, -0.1) is 11.3 Å². The Balaban J connectivity index is 1.57. The van der Waals surface area contributed by atoms with Gasteiger partial charge in [0.25, 0.3) is 0 Å². The highest BCUT2D eigenvalue weighted by molar-refractivity contribution is 8.00. The van der Waals surface area contributed by atoms with Crippen LogP contribution >= 0.6 is 23.1 Å². The molecule has 4 nitrogen and oxygen atoms in total. The van der Waals surface area contributed by atoms with Crippen LogP contribution in [-0.4, -0.2) is 10.1 Å². The van der Waals surface area contributed by atoms with Crippen LogP contribution < -0.4 is 5.63 Å². The number of fused-ring (bicyclic) bond motifs is 1. The monoisotopic (exact) mass is 385 g/mol. The van der Waals surface area contributed by atoms with E-state index in [1.807, 2.05) is 5.38 Å². The third kappa shape index (κ3) is 3.49. The Morgan fingerprint density at radius 2 is 1.96 bits per heavy atom. The first-order valence-electron chi connectivity index (χ1n) is 7.68. The van der Waals surface area contributed by atoms with Crippen LogP contribution in [0.5, 0.6) is 5.75 Å². The number of hydrogen-bond acceptors (Lipinski definition) is 6. The lowest BCUT2D eigenvalue weighted by molar-refractivity contribution is 0.473. The molecule has 2 aromatic heterocycles. The number of aromatic hydroxyl groups is 1. The molecule has 0 saturated heterocycles. The molecule has 7 heteroatoms. The number of aromatic nitrogens is 1. The molecule has 2 aromatic carbocycles. The summed E-state index contributed by atoms with van der Waals surface area (Å²) in [5.41, 5.74) is 2.37. The lowest BCUT2D eigenvalue weighted by atomic mass is 10.1. The van der Waals surface area contributed by atoms with Crippen molar-refractivity contribution < 1.29 is 13.9 Å². The Labute approximate surface area is 156 Å². The molecule has 130 valence electrons. The molecule has 0 fully saturated rings. The molecule has 0 saturated carbocycles. The summed E-state index contributed by atoms with van der Waals surface area (Å²) in [6.45, 7) is 0. The van der Waals surface area contributed by atoms with Gasteiger partial charge in [-0.2, -0.15) is 0 Å². The van der Waals surface area contributed by atoms with Crippen molar-refractivity contribution in [1.82, 2.24) is 4.98 Å². The van der Waals surface area contributed by atoms with Crippen LogP contribution in [0.2, 0.25) is 0 Å².